The second kappa shape index (κ2) is 5.28. The molecule has 0 radical (unpaired) electrons. The molecule has 2 heterocycles. The largest absolute Gasteiger partial charge is 0.378 e. The van der Waals surface area contributed by atoms with Gasteiger partial charge in [0.2, 0.25) is 0 Å². The highest BCUT2D eigenvalue weighted by atomic mass is 16.5. The summed E-state index contributed by atoms with van der Waals surface area (Å²) in [6, 6.07) is 0.760. The van der Waals surface area contributed by atoms with Gasteiger partial charge in [-0.15, -0.1) is 0 Å². The Kier molecular flexibility index (Phi) is 4.00. The third-order valence-electron chi connectivity index (χ3n) is 3.59. The van der Waals surface area contributed by atoms with E-state index in [4.69, 9.17) is 4.74 Å². The van der Waals surface area contributed by atoms with Crippen LogP contribution in [0.4, 0.5) is 0 Å². The molecule has 0 aromatic carbocycles. The van der Waals surface area contributed by atoms with E-state index in [-0.39, 0.29) is 0 Å². The van der Waals surface area contributed by atoms with Gasteiger partial charge in [0.05, 0.1) is 6.10 Å². The van der Waals surface area contributed by atoms with Gasteiger partial charge in [-0.3, -0.25) is 4.90 Å². The fraction of sp³-hybridized carbons (Fsp3) is 1.00. The molecule has 3 unspecified atom stereocenters. The minimum absolute atomic E-state index is 0.454. The molecule has 1 N–H and O–H groups in total. The van der Waals surface area contributed by atoms with E-state index in [1.54, 1.807) is 0 Å². The molecule has 3 atom stereocenters. The lowest BCUT2D eigenvalue weighted by molar-refractivity contribution is -0.0179. The molecular formula is C12H24N2O. The Morgan fingerprint density at radius 1 is 1.33 bits per heavy atom. The third-order valence-corrected chi connectivity index (χ3v) is 3.59. The number of rotatable bonds is 1. The zero-order valence-electron chi connectivity index (χ0n) is 10.0. The molecule has 2 rings (SSSR count). The van der Waals surface area contributed by atoms with E-state index in [1.165, 1.54) is 32.5 Å². The SMILES string of the molecule is CC1CNCCN(C2CCOC(C)C2)C1. The predicted octanol–water partition coefficient (Wildman–Crippen LogP) is 1.10. The molecule has 88 valence electrons. The van der Waals surface area contributed by atoms with Crippen molar-refractivity contribution >= 4 is 0 Å². The first-order chi connectivity index (χ1) is 7.25. The summed E-state index contributed by atoms with van der Waals surface area (Å²) in [5.41, 5.74) is 0. The monoisotopic (exact) mass is 212 g/mol. The molecule has 0 spiro atoms. The van der Waals surface area contributed by atoms with Gasteiger partial charge >= 0.3 is 0 Å². The number of nitrogens with one attached hydrogen (secondary N) is 1. The van der Waals surface area contributed by atoms with E-state index >= 15 is 0 Å². The molecule has 3 nitrogen and oxygen atoms in total. The van der Waals surface area contributed by atoms with Crippen LogP contribution in [0.1, 0.15) is 26.7 Å². The van der Waals surface area contributed by atoms with Gasteiger partial charge in [0.15, 0.2) is 0 Å². The Morgan fingerprint density at radius 2 is 2.20 bits per heavy atom. The molecule has 0 aromatic heterocycles. The van der Waals surface area contributed by atoms with E-state index in [0.29, 0.717) is 6.10 Å². The van der Waals surface area contributed by atoms with Crippen molar-refractivity contribution in [2.24, 2.45) is 5.92 Å². The first-order valence-electron chi connectivity index (χ1n) is 6.32. The first kappa shape index (κ1) is 11.4. The van der Waals surface area contributed by atoms with Gasteiger partial charge in [0.1, 0.15) is 0 Å². The molecule has 3 heteroatoms. The maximum atomic E-state index is 5.61. The second-order valence-electron chi connectivity index (χ2n) is 5.16. The lowest BCUT2D eigenvalue weighted by atomic mass is 10.0. The van der Waals surface area contributed by atoms with Crippen LogP contribution in [0.25, 0.3) is 0 Å². The summed E-state index contributed by atoms with van der Waals surface area (Å²) in [5.74, 6) is 0.783. The maximum Gasteiger partial charge on any atom is 0.0561 e. The predicted molar refractivity (Wildman–Crippen MR) is 62.0 cm³/mol. The summed E-state index contributed by atoms with van der Waals surface area (Å²) in [5, 5.41) is 3.50. The smallest absolute Gasteiger partial charge is 0.0561 e. The number of ether oxygens (including phenoxy) is 1. The van der Waals surface area contributed by atoms with Gasteiger partial charge in [0, 0.05) is 32.3 Å². The normalized spacial score (nSPS) is 40.0. The van der Waals surface area contributed by atoms with Crippen LogP contribution in [-0.4, -0.2) is 49.8 Å². The Morgan fingerprint density at radius 3 is 3.00 bits per heavy atom. The highest BCUT2D eigenvalue weighted by molar-refractivity contribution is 4.81. The van der Waals surface area contributed by atoms with E-state index in [0.717, 1.165) is 25.1 Å². The number of nitrogens with zero attached hydrogens (tertiary/aromatic N) is 1. The Bertz CT molecular complexity index is 198. The van der Waals surface area contributed by atoms with Crippen molar-refractivity contribution in [2.75, 3.05) is 32.8 Å². The van der Waals surface area contributed by atoms with E-state index < -0.39 is 0 Å². The molecule has 0 aromatic rings. The summed E-state index contributed by atoms with van der Waals surface area (Å²) in [7, 11) is 0. The average Bonchev–Trinajstić information content (AvgIpc) is 2.43. The van der Waals surface area contributed by atoms with Crippen molar-refractivity contribution in [3.05, 3.63) is 0 Å². The lowest BCUT2D eigenvalue weighted by Gasteiger charge is -2.36. The van der Waals surface area contributed by atoms with E-state index in [1.807, 2.05) is 0 Å². The van der Waals surface area contributed by atoms with Crippen molar-refractivity contribution < 1.29 is 4.74 Å². The topological polar surface area (TPSA) is 24.5 Å². The summed E-state index contributed by atoms with van der Waals surface area (Å²) < 4.78 is 5.61. The molecule has 0 amide bonds. The quantitative estimate of drug-likeness (QED) is 0.704. The van der Waals surface area contributed by atoms with Crippen LogP contribution in [-0.2, 0) is 4.74 Å². The van der Waals surface area contributed by atoms with Gasteiger partial charge in [-0.1, -0.05) is 6.92 Å². The molecular weight excluding hydrogens is 188 g/mol. The molecule has 0 aliphatic carbocycles. The second-order valence-corrected chi connectivity index (χ2v) is 5.16. The minimum Gasteiger partial charge on any atom is -0.378 e. The standard InChI is InChI=1S/C12H24N2O/c1-10-8-13-4-5-14(9-10)12-3-6-15-11(2)7-12/h10-13H,3-9H2,1-2H3. The molecule has 2 saturated heterocycles. The van der Waals surface area contributed by atoms with Crippen molar-refractivity contribution in [1.29, 1.82) is 0 Å². The molecule has 2 aliphatic heterocycles. The molecule has 2 aliphatic rings. The molecule has 0 bridgehead atoms. The Hall–Kier alpha value is -0.120. The van der Waals surface area contributed by atoms with Gasteiger partial charge < -0.3 is 10.1 Å². The first-order valence-corrected chi connectivity index (χ1v) is 6.32. The summed E-state index contributed by atoms with van der Waals surface area (Å²) in [6.45, 7) is 10.3. The number of hydrogen-bond donors (Lipinski definition) is 1. The summed E-state index contributed by atoms with van der Waals surface area (Å²) >= 11 is 0. The van der Waals surface area contributed by atoms with Gasteiger partial charge in [0.25, 0.3) is 0 Å². The highest BCUT2D eigenvalue weighted by Gasteiger charge is 2.26. The fourth-order valence-corrected chi connectivity index (χ4v) is 2.76. The average molecular weight is 212 g/mol. The van der Waals surface area contributed by atoms with Crippen LogP contribution in [0.2, 0.25) is 0 Å². The van der Waals surface area contributed by atoms with E-state index in [2.05, 4.69) is 24.1 Å². The summed E-state index contributed by atoms with van der Waals surface area (Å²) in [6.07, 6.45) is 2.89. The van der Waals surface area contributed by atoms with Crippen LogP contribution in [0.15, 0.2) is 0 Å². The van der Waals surface area contributed by atoms with Crippen molar-refractivity contribution in [2.45, 2.75) is 38.8 Å². The Labute approximate surface area is 93.2 Å². The minimum atomic E-state index is 0.454. The highest BCUT2D eigenvalue weighted by Crippen LogP contribution is 2.20. The third kappa shape index (κ3) is 3.16. The van der Waals surface area contributed by atoms with Crippen molar-refractivity contribution in [3.63, 3.8) is 0 Å². The van der Waals surface area contributed by atoms with Crippen LogP contribution >= 0.6 is 0 Å². The summed E-state index contributed by atoms with van der Waals surface area (Å²) in [4.78, 5) is 2.67. The van der Waals surface area contributed by atoms with Crippen molar-refractivity contribution in [1.82, 2.24) is 10.2 Å². The van der Waals surface area contributed by atoms with Crippen LogP contribution in [0.3, 0.4) is 0 Å². The molecule has 0 saturated carbocycles. The van der Waals surface area contributed by atoms with E-state index in [9.17, 15) is 0 Å². The van der Waals surface area contributed by atoms with Crippen molar-refractivity contribution in [3.8, 4) is 0 Å². The van der Waals surface area contributed by atoms with Gasteiger partial charge in [-0.2, -0.15) is 0 Å². The zero-order chi connectivity index (χ0) is 10.7. The molecule has 2 fully saturated rings. The number of hydrogen-bond acceptors (Lipinski definition) is 3. The maximum absolute atomic E-state index is 5.61. The lowest BCUT2D eigenvalue weighted by Crippen LogP contribution is -2.44. The Balaban J connectivity index is 1.89. The fourth-order valence-electron chi connectivity index (χ4n) is 2.76. The molecule has 15 heavy (non-hydrogen) atoms. The van der Waals surface area contributed by atoms with Gasteiger partial charge in [-0.05, 0) is 32.2 Å². The van der Waals surface area contributed by atoms with Crippen LogP contribution < -0.4 is 5.32 Å². The van der Waals surface area contributed by atoms with Crippen LogP contribution in [0.5, 0.6) is 0 Å². The van der Waals surface area contributed by atoms with Gasteiger partial charge in [-0.25, -0.2) is 0 Å². The zero-order valence-corrected chi connectivity index (χ0v) is 10.0. The van der Waals surface area contributed by atoms with Crippen LogP contribution in [0, 0.1) is 5.92 Å².